The SMILES string of the molecule is CCNCc1ccc(N(C)CCCCCO)c(Br)c1. The first kappa shape index (κ1) is 16.5. The highest BCUT2D eigenvalue weighted by atomic mass is 79.9. The molecule has 2 N–H and O–H groups in total. The minimum absolute atomic E-state index is 0.298. The van der Waals surface area contributed by atoms with Gasteiger partial charge in [-0.3, -0.25) is 0 Å². The van der Waals surface area contributed by atoms with Gasteiger partial charge in [0.1, 0.15) is 0 Å². The molecule has 1 rings (SSSR count). The second-order valence-electron chi connectivity index (χ2n) is 4.77. The highest BCUT2D eigenvalue weighted by Crippen LogP contribution is 2.26. The van der Waals surface area contributed by atoms with Crippen LogP contribution in [-0.4, -0.2) is 31.9 Å². The fourth-order valence-corrected chi connectivity index (χ4v) is 2.73. The van der Waals surface area contributed by atoms with Crippen LogP contribution in [0.2, 0.25) is 0 Å². The quantitative estimate of drug-likeness (QED) is 0.683. The smallest absolute Gasteiger partial charge is 0.0508 e. The molecule has 0 heterocycles. The van der Waals surface area contributed by atoms with Crippen molar-refractivity contribution in [3.63, 3.8) is 0 Å². The van der Waals surface area contributed by atoms with E-state index < -0.39 is 0 Å². The zero-order valence-corrected chi connectivity index (χ0v) is 13.5. The van der Waals surface area contributed by atoms with E-state index in [0.29, 0.717) is 6.61 Å². The lowest BCUT2D eigenvalue weighted by molar-refractivity contribution is 0.283. The molecule has 0 fully saturated rings. The number of nitrogens with zero attached hydrogens (tertiary/aromatic N) is 1. The van der Waals surface area contributed by atoms with E-state index in [1.54, 1.807) is 0 Å². The number of anilines is 1. The summed E-state index contributed by atoms with van der Waals surface area (Å²) in [5, 5.41) is 12.1. The molecule has 0 spiro atoms. The molecule has 3 nitrogen and oxygen atoms in total. The number of unbranched alkanes of at least 4 members (excludes halogenated alkanes) is 2. The van der Waals surface area contributed by atoms with Crippen molar-refractivity contribution in [2.75, 3.05) is 31.6 Å². The molecule has 0 saturated carbocycles. The van der Waals surface area contributed by atoms with Crippen LogP contribution in [0.25, 0.3) is 0 Å². The van der Waals surface area contributed by atoms with Crippen LogP contribution in [0, 0.1) is 0 Å². The summed E-state index contributed by atoms with van der Waals surface area (Å²) in [5.74, 6) is 0. The van der Waals surface area contributed by atoms with Crippen LogP contribution in [0.5, 0.6) is 0 Å². The average molecular weight is 329 g/mol. The molecule has 4 heteroatoms. The zero-order chi connectivity index (χ0) is 14.1. The van der Waals surface area contributed by atoms with Crippen molar-refractivity contribution in [2.45, 2.75) is 32.7 Å². The molecule has 0 aromatic heterocycles. The number of aliphatic hydroxyl groups excluding tert-OH is 1. The second kappa shape index (κ2) is 9.34. The highest BCUT2D eigenvalue weighted by Gasteiger charge is 2.06. The van der Waals surface area contributed by atoms with Crippen molar-refractivity contribution >= 4 is 21.6 Å². The minimum atomic E-state index is 0.298. The van der Waals surface area contributed by atoms with Crippen molar-refractivity contribution in [1.82, 2.24) is 5.32 Å². The maximum Gasteiger partial charge on any atom is 0.0508 e. The molecule has 108 valence electrons. The Morgan fingerprint density at radius 1 is 1.26 bits per heavy atom. The van der Waals surface area contributed by atoms with Crippen molar-refractivity contribution < 1.29 is 5.11 Å². The Morgan fingerprint density at radius 2 is 2.05 bits per heavy atom. The van der Waals surface area contributed by atoms with Gasteiger partial charge in [0, 0.05) is 31.2 Å². The summed E-state index contributed by atoms with van der Waals surface area (Å²) < 4.78 is 1.15. The molecule has 0 unspecified atom stereocenters. The van der Waals surface area contributed by atoms with Crippen molar-refractivity contribution in [2.24, 2.45) is 0 Å². The molecule has 0 bridgehead atoms. The summed E-state index contributed by atoms with van der Waals surface area (Å²) in [5.41, 5.74) is 2.52. The van der Waals surface area contributed by atoms with E-state index >= 15 is 0 Å². The number of hydrogen-bond donors (Lipinski definition) is 2. The standard InChI is InChI=1S/C15H25BrN2O/c1-3-17-12-13-7-8-15(14(16)11-13)18(2)9-5-4-6-10-19/h7-8,11,17,19H,3-6,9-10,12H2,1-2H3. The third-order valence-electron chi connectivity index (χ3n) is 3.15. The summed E-state index contributed by atoms with van der Waals surface area (Å²) in [4.78, 5) is 2.26. The summed E-state index contributed by atoms with van der Waals surface area (Å²) in [6, 6.07) is 6.53. The Morgan fingerprint density at radius 3 is 2.68 bits per heavy atom. The fourth-order valence-electron chi connectivity index (χ4n) is 2.00. The summed E-state index contributed by atoms with van der Waals surface area (Å²) >= 11 is 3.65. The normalized spacial score (nSPS) is 10.7. The summed E-state index contributed by atoms with van der Waals surface area (Å²) in [6.07, 6.45) is 3.09. The van der Waals surface area contributed by atoms with E-state index in [-0.39, 0.29) is 0 Å². The van der Waals surface area contributed by atoms with Gasteiger partial charge in [0.15, 0.2) is 0 Å². The predicted octanol–water partition coefficient (Wildman–Crippen LogP) is 3.16. The molecular weight excluding hydrogens is 304 g/mol. The molecule has 1 aromatic rings. The van der Waals surface area contributed by atoms with Crippen molar-refractivity contribution in [1.29, 1.82) is 0 Å². The first-order valence-corrected chi connectivity index (χ1v) is 7.79. The van der Waals surface area contributed by atoms with E-state index in [1.807, 2.05) is 0 Å². The van der Waals surface area contributed by atoms with E-state index in [2.05, 4.69) is 58.3 Å². The zero-order valence-electron chi connectivity index (χ0n) is 12.0. The Kier molecular flexibility index (Phi) is 8.10. The van der Waals surface area contributed by atoms with Crippen molar-refractivity contribution in [3.8, 4) is 0 Å². The van der Waals surface area contributed by atoms with Gasteiger partial charge in [-0.25, -0.2) is 0 Å². The third-order valence-corrected chi connectivity index (χ3v) is 3.79. The lowest BCUT2D eigenvalue weighted by Gasteiger charge is -2.21. The maximum absolute atomic E-state index is 8.77. The first-order valence-electron chi connectivity index (χ1n) is 7.00. The molecule has 0 aliphatic heterocycles. The Labute approximate surface area is 125 Å². The van der Waals surface area contributed by atoms with Crippen LogP contribution in [0.1, 0.15) is 31.7 Å². The number of hydrogen-bond acceptors (Lipinski definition) is 3. The minimum Gasteiger partial charge on any atom is -0.396 e. The van der Waals surface area contributed by atoms with Crippen LogP contribution in [0.4, 0.5) is 5.69 Å². The molecule has 0 aliphatic rings. The highest BCUT2D eigenvalue weighted by molar-refractivity contribution is 9.10. The van der Waals surface area contributed by atoms with E-state index in [1.165, 1.54) is 11.3 Å². The van der Waals surface area contributed by atoms with Crippen LogP contribution in [0.3, 0.4) is 0 Å². The molecular formula is C15H25BrN2O. The van der Waals surface area contributed by atoms with Gasteiger partial charge in [-0.1, -0.05) is 13.0 Å². The van der Waals surface area contributed by atoms with Gasteiger partial charge in [-0.2, -0.15) is 0 Å². The molecule has 0 atom stereocenters. The molecule has 0 amide bonds. The predicted molar refractivity (Wildman–Crippen MR) is 85.7 cm³/mol. The maximum atomic E-state index is 8.77. The molecule has 0 radical (unpaired) electrons. The Bertz CT molecular complexity index is 371. The van der Waals surface area contributed by atoms with E-state index in [9.17, 15) is 0 Å². The van der Waals surface area contributed by atoms with Gasteiger partial charge in [-0.05, 0) is 59.4 Å². The molecule has 0 aliphatic carbocycles. The van der Waals surface area contributed by atoms with Gasteiger partial charge in [0.05, 0.1) is 5.69 Å². The van der Waals surface area contributed by atoms with E-state index in [4.69, 9.17) is 5.11 Å². The third kappa shape index (κ3) is 5.93. The molecule has 0 saturated heterocycles. The monoisotopic (exact) mass is 328 g/mol. The van der Waals surface area contributed by atoms with Crippen LogP contribution in [0.15, 0.2) is 22.7 Å². The van der Waals surface area contributed by atoms with Crippen LogP contribution >= 0.6 is 15.9 Å². The Hall–Kier alpha value is -0.580. The van der Waals surface area contributed by atoms with Gasteiger partial charge in [0.25, 0.3) is 0 Å². The second-order valence-corrected chi connectivity index (χ2v) is 5.63. The lowest BCUT2D eigenvalue weighted by atomic mass is 10.2. The summed E-state index contributed by atoms with van der Waals surface area (Å²) in [6.45, 7) is 5.33. The lowest BCUT2D eigenvalue weighted by Crippen LogP contribution is -2.19. The van der Waals surface area contributed by atoms with E-state index in [0.717, 1.165) is 43.4 Å². The first-order chi connectivity index (χ1) is 9.19. The van der Waals surface area contributed by atoms with Gasteiger partial charge < -0.3 is 15.3 Å². The number of halogens is 1. The number of rotatable bonds is 9. The van der Waals surface area contributed by atoms with Crippen molar-refractivity contribution in [3.05, 3.63) is 28.2 Å². The number of aliphatic hydroxyl groups is 1. The van der Waals surface area contributed by atoms with Gasteiger partial charge >= 0.3 is 0 Å². The largest absolute Gasteiger partial charge is 0.396 e. The molecule has 1 aromatic carbocycles. The molecule has 19 heavy (non-hydrogen) atoms. The topological polar surface area (TPSA) is 35.5 Å². The van der Waals surface area contributed by atoms with Crippen LogP contribution in [-0.2, 0) is 6.54 Å². The Balaban J connectivity index is 2.52. The summed E-state index contributed by atoms with van der Waals surface area (Å²) in [7, 11) is 2.11. The van der Waals surface area contributed by atoms with Gasteiger partial charge in [0.2, 0.25) is 0 Å². The average Bonchev–Trinajstić information content (AvgIpc) is 2.41. The van der Waals surface area contributed by atoms with Gasteiger partial charge in [-0.15, -0.1) is 0 Å². The van der Waals surface area contributed by atoms with Crippen LogP contribution < -0.4 is 10.2 Å². The number of nitrogens with one attached hydrogen (secondary N) is 1. The number of benzene rings is 1. The fraction of sp³-hybridized carbons (Fsp3) is 0.600.